The smallest absolute Gasteiger partial charge is 0.260 e. The third-order valence-corrected chi connectivity index (χ3v) is 6.89. The number of nitrogens with one attached hydrogen (secondary N) is 1. The van der Waals surface area contributed by atoms with E-state index in [2.05, 4.69) is 9.97 Å². The summed E-state index contributed by atoms with van der Waals surface area (Å²) in [5, 5.41) is 1.35. The summed E-state index contributed by atoms with van der Waals surface area (Å²) >= 11 is 3.00. The minimum atomic E-state index is -0.0488. The number of hydrogen-bond acceptors (Lipinski definition) is 5. The van der Waals surface area contributed by atoms with Crippen molar-refractivity contribution in [2.24, 2.45) is 0 Å². The van der Waals surface area contributed by atoms with Crippen molar-refractivity contribution in [3.63, 3.8) is 0 Å². The number of thiophene rings is 1. The van der Waals surface area contributed by atoms with Crippen molar-refractivity contribution < 1.29 is 4.79 Å². The number of fused-ring (bicyclic) bond motifs is 3. The quantitative estimate of drug-likeness (QED) is 0.672. The minimum absolute atomic E-state index is 0.0488. The van der Waals surface area contributed by atoms with Crippen LogP contribution in [0.2, 0.25) is 0 Å². The van der Waals surface area contributed by atoms with Crippen LogP contribution in [0.15, 0.2) is 9.95 Å². The molecular formula is C17H21N3O2S2. The molecule has 0 atom stereocenters. The van der Waals surface area contributed by atoms with Crippen LogP contribution in [-0.4, -0.2) is 39.6 Å². The minimum Gasteiger partial charge on any atom is -0.342 e. The number of piperidine rings is 1. The molecule has 7 heteroatoms. The summed E-state index contributed by atoms with van der Waals surface area (Å²) in [4.78, 5) is 36.3. The molecule has 0 unspecified atom stereocenters. The van der Waals surface area contributed by atoms with Crippen molar-refractivity contribution >= 4 is 39.2 Å². The first kappa shape index (κ1) is 16.1. The standard InChI is InChI=1S/C17H21N3O2S2/c21-13(20-8-4-1-5-9-20)10-23-17-18-15(22)14-11-6-2-3-7-12(11)24-16(14)19-17/h1-10H2,(H,18,19,22). The van der Waals surface area contributed by atoms with E-state index in [4.69, 9.17) is 0 Å². The molecule has 1 aliphatic heterocycles. The van der Waals surface area contributed by atoms with Crippen LogP contribution in [0.3, 0.4) is 0 Å². The molecule has 128 valence electrons. The van der Waals surface area contributed by atoms with E-state index < -0.39 is 0 Å². The number of carbonyl (C=O) groups is 1. The summed E-state index contributed by atoms with van der Waals surface area (Å²) in [5.74, 6) is 0.493. The molecule has 5 nitrogen and oxygen atoms in total. The predicted octanol–water partition coefficient (Wildman–Crippen LogP) is 2.97. The largest absolute Gasteiger partial charge is 0.342 e. The zero-order valence-corrected chi connectivity index (χ0v) is 15.2. The highest BCUT2D eigenvalue weighted by molar-refractivity contribution is 7.99. The maximum Gasteiger partial charge on any atom is 0.260 e. The van der Waals surface area contributed by atoms with Gasteiger partial charge in [-0.15, -0.1) is 11.3 Å². The average Bonchev–Trinajstić information content (AvgIpc) is 2.99. The summed E-state index contributed by atoms with van der Waals surface area (Å²) in [6.07, 6.45) is 7.80. The fraction of sp³-hybridized carbons (Fsp3) is 0.588. The van der Waals surface area contributed by atoms with Crippen LogP contribution in [0.1, 0.15) is 42.5 Å². The predicted molar refractivity (Wildman–Crippen MR) is 98.0 cm³/mol. The van der Waals surface area contributed by atoms with Gasteiger partial charge in [0.1, 0.15) is 4.83 Å². The summed E-state index contributed by atoms with van der Waals surface area (Å²) < 4.78 is 0. The molecule has 0 bridgehead atoms. The molecule has 0 aromatic carbocycles. The third kappa shape index (κ3) is 3.11. The van der Waals surface area contributed by atoms with Crippen LogP contribution in [-0.2, 0) is 17.6 Å². The molecule has 0 spiro atoms. The fourth-order valence-electron chi connectivity index (χ4n) is 3.58. The number of H-pyrrole nitrogens is 1. The monoisotopic (exact) mass is 363 g/mol. The molecule has 1 amide bonds. The summed E-state index contributed by atoms with van der Waals surface area (Å²) in [7, 11) is 0. The molecular weight excluding hydrogens is 342 g/mol. The second kappa shape index (κ2) is 6.88. The molecule has 1 aliphatic carbocycles. The molecule has 3 heterocycles. The maximum atomic E-state index is 12.5. The van der Waals surface area contributed by atoms with Gasteiger partial charge in [-0.25, -0.2) is 4.98 Å². The summed E-state index contributed by atoms with van der Waals surface area (Å²) in [6, 6.07) is 0. The lowest BCUT2D eigenvalue weighted by Gasteiger charge is -2.26. The molecule has 24 heavy (non-hydrogen) atoms. The zero-order valence-electron chi connectivity index (χ0n) is 13.6. The Bertz CT molecular complexity index is 821. The number of hydrogen-bond donors (Lipinski definition) is 1. The highest BCUT2D eigenvalue weighted by Crippen LogP contribution is 2.34. The van der Waals surface area contributed by atoms with E-state index in [0.717, 1.165) is 55.4 Å². The number of thioether (sulfide) groups is 1. The molecule has 2 aromatic rings. The molecule has 2 aromatic heterocycles. The van der Waals surface area contributed by atoms with E-state index in [9.17, 15) is 9.59 Å². The number of nitrogens with zero attached hydrogens (tertiary/aromatic N) is 2. The van der Waals surface area contributed by atoms with Crippen molar-refractivity contribution in [1.82, 2.24) is 14.9 Å². The summed E-state index contributed by atoms with van der Waals surface area (Å²) in [6.45, 7) is 1.72. The fourth-order valence-corrected chi connectivity index (χ4v) is 5.66. The Morgan fingerprint density at radius 3 is 2.79 bits per heavy atom. The zero-order chi connectivity index (χ0) is 16.5. The van der Waals surface area contributed by atoms with Crippen LogP contribution in [0, 0.1) is 0 Å². The number of amides is 1. The maximum absolute atomic E-state index is 12.5. The topological polar surface area (TPSA) is 66.1 Å². The SMILES string of the molecule is O=C(CSc1nc2sc3c(c2c(=O)[nH]1)CCCC3)N1CCCCC1. The van der Waals surface area contributed by atoms with Gasteiger partial charge in [0.15, 0.2) is 5.16 Å². The number of aromatic nitrogens is 2. The summed E-state index contributed by atoms with van der Waals surface area (Å²) in [5.41, 5.74) is 1.16. The molecule has 1 saturated heterocycles. The number of aromatic amines is 1. The number of rotatable bonds is 3. The van der Waals surface area contributed by atoms with Crippen LogP contribution in [0.4, 0.5) is 0 Å². The van der Waals surface area contributed by atoms with Gasteiger partial charge in [0.2, 0.25) is 5.91 Å². The number of likely N-dealkylation sites (tertiary alicyclic amines) is 1. The second-order valence-corrected chi connectivity index (χ2v) is 8.54. The van der Waals surface area contributed by atoms with E-state index in [1.54, 1.807) is 11.3 Å². The van der Waals surface area contributed by atoms with Crippen LogP contribution < -0.4 is 5.56 Å². The van der Waals surface area contributed by atoms with Gasteiger partial charge in [-0.1, -0.05) is 11.8 Å². The van der Waals surface area contributed by atoms with Crippen LogP contribution in [0.5, 0.6) is 0 Å². The van der Waals surface area contributed by atoms with E-state index in [0.29, 0.717) is 10.9 Å². The third-order valence-electron chi connectivity index (χ3n) is 4.84. The van der Waals surface area contributed by atoms with E-state index >= 15 is 0 Å². The Morgan fingerprint density at radius 1 is 1.17 bits per heavy atom. The van der Waals surface area contributed by atoms with E-state index in [-0.39, 0.29) is 11.5 Å². The molecule has 4 rings (SSSR count). The molecule has 2 aliphatic rings. The van der Waals surface area contributed by atoms with Gasteiger partial charge in [0.25, 0.3) is 5.56 Å². The molecule has 0 saturated carbocycles. The Kier molecular flexibility index (Phi) is 4.63. The molecule has 0 radical (unpaired) electrons. The Morgan fingerprint density at radius 2 is 1.96 bits per heavy atom. The van der Waals surface area contributed by atoms with Gasteiger partial charge in [-0.05, 0) is 50.5 Å². The molecule has 1 fully saturated rings. The van der Waals surface area contributed by atoms with E-state index in [1.165, 1.54) is 35.0 Å². The van der Waals surface area contributed by atoms with Crippen molar-refractivity contribution in [2.75, 3.05) is 18.8 Å². The van der Waals surface area contributed by atoms with Gasteiger partial charge < -0.3 is 9.88 Å². The van der Waals surface area contributed by atoms with Crippen molar-refractivity contribution in [3.05, 3.63) is 20.8 Å². The first-order valence-electron chi connectivity index (χ1n) is 8.67. The van der Waals surface area contributed by atoms with Crippen LogP contribution >= 0.6 is 23.1 Å². The Balaban J connectivity index is 1.52. The highest BCUT2D eigenvalue weighted by atomic mass is 32.2. The average molecular weight is 364 g/mol. The lowest BCUT2D eigenvalue weighted by atomic mass is 9.97. The van der Waals surface area contributed by atoms with Gasteiger partial charge in [-0.2, -0.15) is 0 Å². The highest BCUT2D eigenvalue weighted by Gasteiger charge is 2.21. The number of aryl methyl sites for hydroxylation is 2. The van der Waals surface area contributed by atoms with Crippen molar-refractivity contribution in [2.45, 2.75) is 50.1 Å². The van der Waals surface area contributed by atoms with Crippen molar-refractivity contribution in [3.8, 4) is 0 Å². The van der Waals surface area contributed by atoms with E-state index in [1.807, 2.05) is 4.90 Å². The number of carbonyl (C=O) groups excluding carboxylic acids is 1. The first-order valence-corrected chi connectivity index (χ1v) is 10.5. The second-order valence-electron chi connectivity index (χ2n) is 6.49. The Hall–Kier alpha value is -1.34. The lowest BCUT2D eigenvalue weighted by Crippen LogP contribution is -2.36. The molecule has 1 N–H and O–H groups in total. The van der Waals surface area contributed by atoms with Gasteiger partial charge in [-0.3, -0.25) is 9.59 Å². The van der Waals surface area contributed by atoms with Crippen LogP contribution in [0.25, 0.3) is 10.2 Å². The Labute approximate surface area is 148 Å². The van der Waals surface area contributed by atoms with Crippen molar-refractivity contribution in [1.29, 1.82) is 0 Å². The normalized spacial score (nSPS) is 17.9. The first-order chi connectivity index (χ1) is 11.7. The van der Waals surface area contributed by atoms with Gasteiger partial charge in [0, 0.05) is 18.0 Å². The van der Waals surface area contributed by atoms with Gasteiger partial charge in [0.05, 0.1) is 11.1 Å². The lowest BCUT2D eigenvalue weighted by molar-refractivity contribution is -0.129. The van der Waals surface area contributed by atoms with Gasteiger partial charge >= 0.3 is 0 Å².